The molecule has 0 saturated heterocycles. The molecule has 0 aliphatic rings. The quantitative estimate of drug-likeness (QED) is 0.516. The molecule has 0 radical (unpaired) electrons. The fourth-order valence-corrected chi connectivity index (χ4v) is 0.680. The number of thiophene rings is 1. The van der Waals surface area contributed by atoms with Crippen LogP contribution in [0.5, 0.6) is 0 Å². The van der Waals surface area contributed by atoms with Gasteiger partial charge in [0.25, 0.3) is 0 Å². The number of hydrogen-bond donors (Lipinski definition) is 0. The SMILES string of the molecule is [Cs+].[H-].c1ccsc1. The molecule has 0 aliphatic carbocycles. The van der Waals surface area contributed by atoms with Crippen molar-refractivity contribution in [3.8, 4) is 0 Å². The van der Waals surface area contributed by atoms with Crippen LogP contribution < -0.4 is 68.9 Å². The van der Waals surface area contributed by atoms with Gasteiger partial charge in [0.1, 0.15) is 0 Å². The van der Waals surface area contributed by atoms with Crippen LogP contribution in [-0.2, 0) is 0 Å². The Morgan fingerprint density at radius 3 is 1.83 bits per heavy atom. The first-order chi connectivity index (χ1) is 2.50. The number of hydrogen-bond acceptors (Lipinski definition) is 1. The molecule has 0 fully saturated rings. The van der Waals surface area contributed by atoms with E-state index in [9.17, 15) is 0 Å². The number of rotatable bonds is 0. The standard InChI is InChI=1S/C4H4S.Cs.H/c1-2-4-5-3-1;;/h1-4H;;/q;+1;-1. The summed E-state index contributed by atoms with van der Waals surface area (Å²) in [4.78, 5) is 0. The smallest absolute Gasteiger partial charge is 1.00 e. The Hall–Kier alpha value is 1.75. The van der Waals surface area contributed by atoms with Gasteiger partial charge < -0.3 is 1.43 Å². The Kier molecular flexibility index (Phi) is 6.33. The van der Waals surface area contributed by atoms with Gasteiger partial charge in [0.2, 0.25) is 0 Å². The first-order valence-electron chi connectivity index (χ1n) is 1.47. The molecule has 0 spiro atoms. The summed E-state index contributed by atoms with van der Waals surface area (Å²) in [5.41, 5.74) is 0. The minimum Gasteiger partial charge on any atom is -1.00 e. The Bertz CT molecular complexity index is 68.2. The van der Waals surface area contributed by atoms with Gasteiger partial charge in [-0.25, -0.2) is 0 Å². The van der Waals surface area contributed by atoms with Crippen molar-refractivity contribution >= 4 is 11.3 Å². The Balaban J connectivity index is 0. The minimum atomic E-state index is 0. The van der Waals surface area contributed by atoms with Crippen LogP contribution in [-0.4, -0.2) is 0 Å². The second kappa shape index (κ2) is 4.90. The average molecular weight is 218 g/mol. The molecule has 0 aliphatic heterocycles. The maximum absolute atomic E-state index is 2.04. The fourth-order valence-electron chi connectivity index (χ4n) is 0.227. The molecule has 1 aromatic rings. The molecule has 0 aromatic carbocycles. The van der Waals surface area contributed by atoms with Crippen LogP contribution in [0.4, 0.5) is 0 Å². The van der Waals surface area contributed by atoms with E-state index < -0.39 is 0 Å². The molecule has 6 heavy (non-hydrogen) atoms. The molecule has 0 nitrogen and oxygen atoms in total. The molecule has 28 valence electrons. The van der Waals surface area contributed by atoms with Gasteiger partial charge in [-0.2, -0.15) is 11.3 Å². The molecule has 0 atom stereocenters. The van der Waals surface area contributed by atoms with Crippen molar-refractivity contribution in [2.24, 2.45) is 0 Å². The molecule has 0 saturated carbocycles. The zero-order valence-electron chi connectivity index (χ0n) is 4.72. The van der Waals surface area contributed by atoms with Gasteiger partial charge in [-0.05, 0) is 10.8 Å². The maximum atomic E-state index is 2.04. The second-order valence-corrected chi connectivity index (χ2v) is 1.61. The predicted molar refractivity (Wildman–Crippen MR) is 25.4 cm³/mol. The summed E-state index contributed by atoms with van der Waals surface area (Å²) in [7, 11) is 0. The molecule has 0 unspecified atom stereocenters. The van der Waals surface area contributed by atoms with Crippen molar-refractivity contribution in [1.29, 1.82) is 0 Å². The van der Waals surface area contributed by atoms with Crippen LogP contribution in [0, 0.1) is 0 Å². The van der Waals surface area contributed by atoms with Crippen LogP contribution in [0.25, 0.3) is 0 Å². The third-order valence-electron chi connectivity index (χ3n) is 0.425. The zero-order chi connectivity index (χ0) is 3.54. The zero-order valence-corrected chi connectivity index (χ0v) is 10.8. The molecule has 0 bridgehead atoms. The monoisotopic (exact) mass is 218 g/mol. The fraction of sp³-hybridized carbons (Fsp3) is 0. The molecular weight excluding hydrogens is 213 g/mol. The van der Waals surface area contributed by atoms with Crippen LogP contribution in [0.1, 0.15) is 1.43 Å². The van der Waals surface area contributed by atoms with Crippen LogP contribution >= 0.6 is 11.3 Å². The van der Waals surface area contributed by atoms with Crippen molar-refractivity contribution < 1.29 is 70.3 Å². The van der Waals surface area contributed by atoms with Crippen molar-refractivity contribution in [3.63, 3.8) is 0 Å². The largest absolute Gasteiger partial charge is 1.00 e. The molecule has 1 aromatic heterocycles. The summed E-state index contributed by atoms with van der Waals surface area (Å²) in [6.07, 6.45) is 0. The van der Waals surface area contributed by atoms with E-state index in [1.165, 1.54) is 0 Å². The Morgan fingerprint density at radius 2 is 1.67 bits per heavy atom. The van der Waals surface area contributed by atoms with Crippen LogP contribution in [0.15, 0.2) is 22.9 Å². The van der Waals surface area contributed by atoms with E-state index >= 15 is 0 Å². The van der Waals surface area contributed by atoms with Crippen molar-refractivity contribution in [1.82, 2.24) is 0 Å². The Labute approximate surface area is 102 Å². The summed E-state index contributed by atoms with van der Waals surface area (Å²) in [6.45, 7) is 0. The summed E-state index contributed by atoms with van der Waals surface area (Å²) in [5, 5.41) is 4.08. The van der Waals surface area contributed by atoms with E-state index in [-0.39, 0.29) is 70.3 Å². The molecule has 1 heterocycles. The summed E-state index contributed by atoms with van der Waals surface area (Å²) >= 11 is 1.71. The van der Waals surface area contributed by atoms with Gasteiger partial charge in [0.15, 0.2) is 0 Å². The van der Waals surface area contributed by atoms with Gasteiger partial charge in [0, 0.05) is 0 Å². The second-order valence-electron chi connectivity index (χ2n) is 0.793. The van der Waals surface area contributed by atoms with Gasteiger partial charge in [0.05, 0.1) is 0 Å². The van der Waals surface area contributed by atoms with Gasteiger partial charge >= 0.3 is 68.9 Å². The third-order valence-corrected chi connectivity index (χ3v) is 1.05. The van der Waals surface area contributed by atoms with Crippen LogP contribution in [0.3, 0.4) is 0 Å². The maximum Gasteiger partial charge on any atom is 1.00 e. The summed E-state index contributed by atoms with van der Waals surface area (Å²) < 4.78 is 0. The summed E-state index contributed by atoms with van der Waals surface area (Å²) in [5.74, 6) is 0. The van der Waals surface area contributed by atoms with Crippen LogP contribution in [0.2, 0.25) is 0 Å². The summed E-state index contributed by atoms with van der Waals surface area (Å²) in [6, 6.07) is 4.04. The molecule has 2 heteroatoms. The third kappa shape index (κ3) is 2.85. The first kappa shape index (κ1) is 7.75. The normalized spacial score (nSPS) is 6.67. The predicted octanol–water partition coefficient (Wildman–Crippen LogP) is -1.14. The van der Waals surface area contributed by atoms with E-state index in [1.54, 1.807) is 11.3 Å². The molecule has 0 amide bonds. The van der Waals surface area contributed by atoms with E-state index in [0.29, 0.717) is 0 Å². The van der Waals surface area contributed by atoms with Crippen molar-refractivity contribution in [3.05, 3.63) is 22.9 Å². The van der Waals surface area contributed by atoms with E-state index in [1.807, 2.05) is 22.9 Å². The van der Waals surface area contributed by atoms with E-state index in [2.05, 4.69) is 0 Å². The van der Waals surface area contributed by atoms with Crippen molar-refractivity contribution in [2.75, 3.05) is 0 Å². The topological polar surface area (TPSA) is 0 Å². The van der Waals surface area contributed by atoms with Gasteiger partial charge in [-0.1, -0.05) is 12.1 Å². The van der Waals surface area contributed by atoms with Crippen molar-refractivity contribution in [2.45, 2.75) is 0 Å². The Morgan fingerprint density at radius 1 is 1.17 bits per heavy atom. The molecule has 0 N–H and O–H groups in total. The average Bonchev–Trinajstić information content (AvgIpc) is 1.76. The van der Waals surface area contributed by atoms with Gasteiger partial charge in [-0.15, -0.1) is 0 Å². The minimum absolute atomic E-state index is 0. The molecular formula is C4H5CsS. The van der Waals surface area contributed by atoms with Gasteiger partial charge in [-0.3, -0.25) is 0 Å². The van der Waals surface area contributed by atoms with E-state index in [0.717, 1.165) is 0 Å². The first-order valence-corrected chi connectivity index (χ1v) is 2.41. The molecule has 1 rings (SSSR count). The van der Waals surface area contributed by atoms with E-state index in [4.69, 9.17) is 0 Å².